The Bertz CT molecular complexity index is 405. The van der Waals surface area contributed by atoms with Crippen molar-refractivity contribution in [3.8, 4) is 0 Å². The molecule has 0 amide bonds. The number of aliphatic hydroxyl groups is 1. The molecule has 0 radical (unpaired) electrons. The van der Waals surface area contributed by atoms with Gasteiger partial charge in [0.2, 0.25) is 0 Å². The van der Waals surface area contributed by atoms with E-state index in [9.17, 15) is 9.50 Å². The van der Waals surface area contributed by atoms with Crippen molar-refractivity contribution in [3.05, 3.63) is 34.6 Å². The molecule has 1 aromatic carbocycles. The summed E-state index contributed by atoms with van der Waals surface area (Å²) in [6.45, 7) is -0.00153. The Labute approximate surface area is 119 Å². The smallest absolute Gasteiger partial charge is 0.141 e. The highest BCUT2D eigenvalue weighted by Gasteiger charge is 2.18. The first-order valence-electron chi connectivity index (χ1n) is 7.02. The quantitative estimate of drug-likeness (QED) is 0.824. The van der Waals surface area contributed by atoms with Crippen molar-refractivity contribution in [3.63, 3.8) is 0 Å². The second-order valence-corrected chi connectivity index (χ2v) is 5.67. The van der Waals surface area contributed by atoms with Gasteiger partial charge in [0.25, 0.3) is 0 Å². The van der Waals surface area contributed by atoms with Crippen molar-refractivity contribution in [1.29, 1.82) is 0 Å². The van der Waals surface area contributed by atoms with Crippen molar-refractivity contribution in [2.24, 2.45) is 0 Å². The van der Waals surface area contributed by atoms with E-state index in [4.69, 9.17) is 11.6 Å². The summed E-state index contributed by atoms with van der Waals surface area (Å²) < 4.78 is 13.2. The van der Waals surface area contributed by atoms with E-state index in [0.29, 0.717) is 6.04 Å². The number of halogens is 2. The number of hydrogen-bond acceptors (Lipinski definition) is 2. The number of nitrogens with one attached hydrogen (secondary N) is 1. The molecule has 1 aliphatic rings. The van der Waals surface area contributed by atoms with Crippen LogP contribution in [0.4, 0.5) is 4.39 Å². The molecule has 0 bridgehead atoms. The molecule has 0 aromatic heterocycles. The van der Waals surface area contributed by atoms with E-state index in [-0.39, 0.29) is 17.7 Å². The highest BCUT2D eigenvalue weighted by atomic mass is 35.5. The topological polar surface area (TPSA) is 32.3 Å². The van der Waals surface area contributed by atoms with Gasteiger partial charge < -0.3 is 10.4 Å². The molecule has 2 rings (SSSR count). The van der Waals surface area contributed by atoms with Crippen LogP contribution in [-0.4, -0.2) is 17.8 Å². The second kappa shape index (κ2) is 7.22. The van der Waals surface area contributed by atoms with Crippen LogP contribution in [0.2, 0.25) is 5.02 Å². The molecule has 0 spiro atoms. The molecule has 1 saturated carbocycles. The van der Waals surface area contributed by atoms with Crippen molar-refractivity contribution in [2.45, 2.75) is 50.6 Å². The fraction of sp³-hybridized carbons (Fsp3) is 0.600. The summed E-state index contributed by atoms with van der Waals surface area (Å²) in [7, 11) is 0. The van der Waals surface area contributed by atoms with Crippen molar-refractivity contribution in [2.75, 3.05) is 6.61 Å². The Kier molecular flexibility index (Phi) is 5.61. The van der Waals surface area contributed by atoms with Gasteiger partial charge in [0.15, 0.2) is 0 Å². The number of rotatable bonds is 4. The van der Waals surface area contributed by atoms with E-state index < -0.39 is 5.82 Å². The van der Waals surface area contributed by atoms with Gasteiger partial charge in [0.1, 0.15) is 5.82 Å². The molecule has 2 nitrogen and oxygen atoms in total. The van der Waals surface area contributed by atoms with Crippen LogP contribution in [0.1, 0.15) is 50.1 Å². The molecule has 19 heavy (non-hydrogen) atoms. The normalized spacial score (nSPS) is 19.1. The summed E-state index contributed by atoms with van der Waals surface area (Å²) in [6, 6.07) is 4.91. The summed E-state index contributed by atoms with van der Waals surface area (Å²) in [4.78, 5) is 0. The molecule has 4 heteroatoms. The molecular formula is C15H21ClFNO. The first-order valence-corrected chi connectivity index (χ1v) is 7.40. The lowest BCUT2D eigenvalue weighted by Crippen LogP contribution is -2.34. The summed E-state index contributed by atoms with van der Waals surface area (Å²) in [5, 5.41) is 13.1. The van der Waals surface area contributed by atoms with Gasteiger partial charge in [0, 0.05) is 6.04 Å². The lowest BCUT2D eigenvalue weighted by atomic mass is 10.0. The SMILES string of the molecule is OCC(NC1CCCCCC1)c1ccc(F)c(Cl)c1. The zero-order valence-corrected chi connectivity index (χ0v) is 11.8. The molecule has 1 unspecified atom stereocenters. The van der Waals surface area contributed by atoms with Gasteiger partial charge in [-0.1, -0.05) is 43.4 Å². The van der Waals surface area contributed by atoms with Gasteiger partial charge in [-0.15, -0.1) is 0 Å². The molecule has 0 saturated heterocycles. The summed E-state index contributed by atoms with van der Waals surface area (Å²) in [5.41, 5.74) is 0.846. The van der Waals surface area contributed by atoms with Crippen LogP contribution >= 0.6 is 11.6 Å². The predicted octanol–water partition coefficient (Wildman–Crippen LogP) is 3.82. The van der Waals surface area contributed by atoms with Gasteiger partial charge in [0.05, 0.1) is 17.7 Å². The minimum absolute atomic E-state index is 0.00153. The van der Waals surface area contributed by atoms with E-state index in [1.54, 1.807) is 12.1 Å². The Hall–Kier alpha value is -0.640. The Morgan fingerprint density at radius 3 is 2.53 bits per heavy atom. The van der Waals surface area contributed by atoms with Crippen molar-refractivity contribution in [1.82, 2.24) is 5.32 Å². The fourth-order valence-electron chi connectivity index (χ4n) is 2.71. The van der Waals surface area contributed by atoms with Crippen LogP contribution in [0.25, 0.3) is 0 Å². The van der Waals surface area contributed by atoms with Crippen molar-refractivity contribution >= 4 is 11.6 Å². The molecule has 2 N–H and O–H groups in total. The maximum absolute atomic E-state index is 13.2. The molecule has 1 fully saturated rings. The molecule has 1 aromatic rings. The average Bonchev–Trinajstić information content (AvgIpc) is 2.68. The van der Waals surface area contributed by atoms with Crippen LogP contribution in [-0.2, 0) is 0 Å². The van der Waals surface area contributed by atoms with E-state index >= 15 is 0 Å². The van der Waals surface area contributed by atoms with E-state index in [1.165, 1.54) is 31.7 Å². The van der Waals surface area contributed by atoms with Crippen LogP contribution in [0, 0.1) is 5.82 Å². The monoisotopic (exact) mass is 285 g/mol. The first-order chi connectivity index (χ1) is 9.20. The number of hydrogen-bond donors (Lipinski definition) is 2. The minimum Gasteiger partial charge on any atom is -0.394 e. The van der Waals surface area contributed by atoms with Crippen LogP contribution in [0.5, 0.6) is 0 Å². The van der Waals surface area contributed by atoms with E-state index in [2.05, 4.69) is 5.32 Å². The molecule has 1 aliphatic carbocycles. The van der Waals surface area contributed by atoms with Gasteiger partial charge in [-0.25, -0.2) is 4.39 Å². The Morgan fingerprint density at radius 2 is 1.95 bits per heavy atom. The largest absolute Gasteiger partial charge is 0.394 e. The zero-order chi connectivity index (χ0) is 13.7. The number of aliphatic hydroxyl groups excluding tert-OH is 1. The second-order valence-electron chi connectivity index (χ2n) is 5.26. The molecule has 0 aliphatic heterocycles. The lowest BCUT2D eigenvalue weighted by Gasteiger charge is -2.24. The molecule has 0 heterocycles. The Balaban J connectivity index is 2.03. The van der Waals surface area contributed by atoms with Crippen LogP contribution in [0.15, 0.2) is 18.2 Å². The third-order valence-electron chi connectivity index (χ3n) is 3.82. The maximum Gasteiger partial charge on any atom is 0.141 e. The summed E-state index contributed by atoms with van der Waals surface area (Å²) in [6.07, 6.45) is 7.35. The third-order valence-corrected chi connectivity index (χ3v) is 4.11. The predicted molar refractivity (Wildman–Crippen MR) is 75.9 cm³/mol. The summed E-state index contributed by atoms with van der Waals surface area (Å²) in [5.74, 6) is -0.420. The number of benzene rings is 1. The molecular weight excluding hydrogens is 265 g/mol. The lowest BCUT2D eigenvalue weighted by molar-refractivity contribution is 0.228. The van der Waals surface area contributed by atoms with Crippen LogP contribution < -0.4 is 5.32 Å². The minimum atomic E-state index is -0.420. The Morgan fingerprint density at radius 1 is 1.26 bits per heavy atom. The van der Waals surface area contributed by atoms with Gasteiger partial charge in [-0.3, -0.25) is 0 Å². The van der Waals surface area contributed by atoms with E-state index in [1.807, 2.05) is 0 Å². The summed E-state index contributed by atoms with van der Waals surface area (Å²) >= 11 is 5.80. The van der Waals surface area contributed by atoms with Gasteiger partial charge in [-0.05, 0) is 30.5 Å². The standard InChI is InChI=1S/C15H21ClFNO/c16-13-9-11(7-8-14(13)17)15(10-19)18-12-5-3-1-2-4-6-12/h7-9,12,15,18-19H,1-6,10H2. The maximum atomic E-state index is 13.2. The third kappa shape index (κ3) is 4.16. The van der Waals surface area contributed by atoms with Crippen molar-refractivity contribution < 1.29 is 9.50 Å². The first kappa shape index (κ1) is 14.8. The van der Waals surface area contributed by atoms with Crippen LogP contribution in [0.3, 0.4) is 0 Å². The molecule has 1 atom stereocenters. The highest BCUT2D eigenvalue weighted by molar-refractivity contribution is 6.30. The fourth-order valence-corrected chi connectivity index (χ4v) is 2.90. The molecule has 106 valence electrons. The average molecular weight is 286 g/mol. The zero-order valence-electron chi connectivity index (χ0n) is 11.0. The highest BCUT2D eigenvalue weighted by Crippen LogP contribution is 2.24. The van der Waals surface area contributed by atoms with E-state index in [0.717, 1.165) is 18.4 Å². The van der Waals surface area contributed by atoms with Gasteiger partial charge >= 0.3 is 0 Å². The van der Waals surface area contributed by atoms with Gasteiger partial charge in [-0.2, -0.15) is 0 Å².